The largest absolute Gasteiger partial charge is 0.438 e. The molecule has 124 heavy (non-hydrogen) atoms. The van der Waals surface area contributed by atoms with Crippen LogP contribution in [0.15, 0.2) is 430 Å². The molecule has 0 amide bonds. The summed E-state index contributed by atoms with van der Waals surface area (Å²) in [6.07, 6.45) is 0. The van der Waals surface area contributed by atoms with Crippen LogP contribution in [-0.2, 0) is 0 Å². The molecule has 24 aromatic rings. The van der Waals surface area contributed by atoms with Crippen LogP contribution < -0.4 is 0 Å². The highest BCUT2D eigenvalue weighted by Gasteiger charge is 2.25. The van der Waals surface area contributed by atoms with E-state index in [-0.39, 0.29) is 0 Å². The van der Waals surface area contributed by atoms with E-state index in [9.17, 15) is 0 Å². The summed E-state index contributed by atoms with van der Waals surface area (Å²) in [5.41, 5.74) is 29.3. The first-order valence-corrected chi connectivity index (χ1v) is 41.2. The lowest BCUT2D eigenvalue weighted by Gasteiger charge is -2.11. The zero-order valence-corrected chi connectivity index (χ0v) is 66.5. The first-order valence-electron chi connectivity index (χ1n) is 41.2. The molecule has 0 saturated heterocycles. The summed E-state index contributed by atoms with van der Waals surface area (Å²) in [5.74, 6) is 2.40. The summed E-state index contributed by atoms with van der Waals surface area (Å²) in [6.45, 7) is 0. The maximum Gasteiger partial charge on any atom is 0.231 e. The van der Waals surface area contributed by atoms with Gasteiger partial charge in [-0.1, -0.05) is 352 Å². The van der Waals surface area contributed by atoms with Crippen LogP contribution in [0.4, 0.5) is 0 Å². The molecule has 12 nitrogen and oxygen atoms in total. The Kier molecular flexibility index (Phi) is 17.9. The van der Waals surface area contributed by atoms with Crippen LogP contribution in [-0.4, -0.2) is 39.9 Å². The average molecular weight is 1590 g/mol. The van der Waals surface area contributed by atoms with Gasteiger partial charge < -0.3 is 17.7 Å². The smallest absolute Gasteiger partial charge is 0.231 e. The van der Waals surface area contributed by atoms with E-state index in [1.807, 2.05) is 146 Å². The van der Waals surface area contributed by atoms with Gasteiger partial charge in [0.1, 0.15) is 22.3 Å². The highest BCUT2D eigenvalue weighted by molar-refractivity contribution is 6.15. The van der Waals surface area contributed by atoms with Crippen molar-refractivity contribution in [3.05, 3.63) is 413 Å². The van der Waals surface area contributed by atoms with Gasteiger partial charge in [-0.2, -0.15) is 19.9 Å². The number of para-hydroxylation sites is 4. The number of furan rings is 4. The molecule has 12 heteroatoms. The molecule has 0 unspecified atom stereocenters. The van der Waals surface area contributed by atoms with Crippen LogP contribution in [0.2, 0.25) is 0 Å². The minimum Gasteiger partial charge on any atom is -0.438 e. The van der Waals surface area contributed by atoms with Gasteiger partial charge in [0.05, 0.1) is 44.3 Å². The minimum atomic E-state index is 0.546. The minimum absolute atomic E-state index is 0.546. The van der Waals surface area contributed by atoms with E-state index in [2.05, 4.69) is 267 Å². The van der Waals surface area contributed by atoms with E-state index in [0.29, 0.717) is 46.2 Å². The van der Waals surface area contributed by atoms with Crippen molar-refractivity contribution < 1.29 is 17.7 Å². The summed E-state index contributed by atoms with van der Waals surface area (Å²) < 4.78 is 25.6. The zero-order chi connectivity index (χ0) is 82.0. The normalized spacial score (nSPS) is 11.5. The van der Waals surface area contributed by atoms with Gasteiger partial charge in [0, 0.05) is 66.1 Å². The highest BCUT2D eigenvalue weighted by atomic mass is 16.4. The van der Waals surface area contributed by atoms with Crippen molar-refractivity contribution in [3.8, 4) is 157 Å². The van der Waals surface area contributed by atoms with E-state index in [0.717, 1.165) is 199 Å². The van der Waals surface area contributed by atoms with Gasteiger partial charge >= 0.3 is 0 Å². The average Bonchev–Trinajstić information content (AvgIpc) is 1.50. The van der Waals surface area contributed by atoms with Crippen molar-refractivity contribution in [3.63, 3.8) is 0 Å². The second kappa shape index (κ2) is 30.8. The molecule has 8 heterocycles. The summed E-state index contributed by atoms with van der Waals surface area (Å²) in [7, 11) is 0. The molecule has 580 valence electrons. The molecule has 8 aromatic heterocycles. The number of aromatic nitrogens is 8. The third-order valence-electron chi connectivity index (χ3n) is 23.1. The van der Waals surface area contributed by atoms with Gasteiger partial charge in [-0.25, -0.2) is 19.9 Å². The molecule has 16 aromatic carbocycles. The van der Waals surface area contributed by atoms with E-state index in [4.69, 9.17) is 57.5 Å². The van der Waals surface area contributed by atoms with E-state index in [1.165, 1.54) is 0 Å². The summed E-state index contributed by atoms with van der Waals surface area (Å²) in [5, 5.41) is 7.46. The highest BCUT2D eigenvalue weighted by Crippen LogP contribution is 2.45. The first kappa shape index (κ1) is 72.3. The first-order chi connectivity index (χ1) is 61.4. The molecular weight excluding hydrogens is 1520 g/mol. The number of nitrogens with zero attached hydrogens (tertiary/aromatic N) is 8. The van der Waals surface area contributed by atoms with Crippen LogP contribution in [0.1, 0.15) is 0 Å². The van der Waals surface area contributed by atoms with Crippen molar-refractivity contribution in [1.82, 2.24) is 39.9 Å². The van der Waals surface area contributed by atoms with Crippen LogP contribution >= 0.6 is 0 Å². The SMILES string of the molecule is c1ccc(-c2cccc(-c3nc(-c4ccc(-c5cccc(-c6cccc(-c7nc(-c8cccc(-c9ccccc9)c8)c8c(n7)oc7ccccc78)c6)c5)cc4)c4c(n3)oc3ccccc34)c2)cc1.c1ccc(-c2cccc(-c3nc(-c4ccc(-c5nc(-c6cccc(-c7ccccc7)c6)nc6oc7ccccc7c56)cc4)c4c(n3)oc3ccccc34)c2)cc1. The lowest BCUT2D eigenvalue weighted by molar-refractivity contribution is 0.653. The Labute approximate surface area is 711 Å². The molecule has 0 atom stereocenters. The van der Waals surface area contributed by atoms with Gasteiger partial charge in [-0.3, -0.25) is 0 Å². The van der Waals surface area contributed by atoms with Crippen molar-refractivity contribution >= 4 is 88.3 Å². The number of fused-ring (bicyclic) bond motifs is 12. The van der Waals surface area contributed by atoms with Crippen molar-refractivity contribution in [2.75, 3.05) is 0 Å². The zero-order valence-electron chi connectivity index (χ0n) is 66.5. The van der Waals surface area contributed by atoms with Crippen molar-refractivity contribution in [2.24, 2.45) is 0 Å². The summed E-state index contributed by atoms with van der Waals surface area (Å²) in [4.78, 5) is 41.1. The Balaban J connectivity index is 0.000000146. The maximum absolute atomic E-state index is 6.43. The lowest BCUT2D eigenvalue weighted by Crippen LogP contribution is -1.96. The monoisotopic (exact) mass is 1590 g/mol. The van der Waals surface area contributed by atoms with E-state index in [1.54, 1.807) is 0 Å². The molecular formula is C112H68N8O4. The van der Waals surface area contributed by atoms with Gasteiger partial charge in [-0.05, 0) is 127 Å². The van der Waals surface area contributed by atoms with Crippen LogP contribution in [0.3, 0.4) is 0 Å². The molecule has 0 N–H and O–H groups in total. The predicted octanol–water partition coefficient (Wildman–Crippen LogP) is 29.5. The van der Waals surface area contributed by atoms with Crippen molar-refractivity contribution in [2.45, 2.75) is 0 Å². The van der Waals surface area contributed by atoms with Gasteiger partial charge in [-0.15, -0.1) is 0 Å². The van der Waals surface area contributed by atoms with Crippen LogP contribution in [0.5, 0.6) is 0 Å². The molecule has 0 saturated carbocycles. The second-order valence-electron chi connectivity index (χ2n) is 30.8. The summed E-state index contributed by atoms with van der Waals surface area (Å²) >= 11 is 0. The molecule has 24 rings (SSSR count). The molecule has 0 radical (unpaired) electrons. The fraction of sp³-hybridized carbons (Fsp3) is 0. The molecule has 0 aliphatic rings. The van der Waals surface area contributed by atoms with Gasteiger partial charge in [0.25, 0.3) is 0 Å². The Morgan fingerprint density at radius 3 is 0.573 bits per heavy atom. The molecule has 0 spiro atoms. The Bertz CT molecular complexity index is 8010. The lowest BCUT2D eigenvalue weighted by atomic mass is 9.96. The fourth-order valence-corrected chi connectivity index (χ4v) is 17.0. The molecule has 0 aliphatic carbocycles. The topological polar surface area (TPSA) is 156 Å². The van der Waals surface area contributed by atoms with Crippen molar-refractivity contribution in [1.29, 1.82) is 0 Å². The Hall–Kier alpha value is -17.0. The Morgan fingerprint density at radius 1 is 0.129 bits per heavy atom. The fourth-order valence-electron chi connectivity index (χ4n) is 17.0. The standard InChI is InChI=1S/C62H38N4O2.C50H30N4O2/c1-3-15-39(16-4-1)44-20-12-24-48(36-44)58-56-52-28-8-10-30-54(52)68-62(56)66-60(64-58)50-26-14-23-47(38-50)46-22-11-19-43(35-46)41-31-33-42(34-32-41)57-55-51-27-7-9-29-53(51)67-61(55)65-59(63-57)49-25-13-21-45(37-49)40-17-5-2-6-18-40;1-3-13-31(14-4-1)35-17-11-19-37(29-35)47-51-45(43-39-21-7-9-23-41(39)55-49(43)53-47)33-25-27-34(28-26-33)46-44-40-22-8-10-24-42(40)56-50(44)54-48(52-46)38-20-12-18-36(30-38)32-15-5-2-6-16-32/h1-38H;1-30H. The molecule has 0 fully saturated rings. The quantitative estimate of drug-likeness (QED) is 0.102. The van der Waals surface area contributed by atoms with E-state index >= 15 is 0 Å². The number of hydrogen-bond donors (Lipinski definition) is 0. The number of rotatable bonds is 14. The number of benzene rings is 16. The second-order valence-corrected chi connectivity index (χ2v) is 30.8. The van der Waals surface area contributed by atoms with Gasteiger partial charge in [0.2, 0.25) is 22.9 Å². The third kappa shape index (κ3) is 13.4. The Morgan fingerprint density at radius 2 is 0.306 bits per heavy atom. The predicted molar refractivity (Wildman–Crippen MR) is 500 cm³/mol. The third-order valence-corrected chi connectivity index (χ3v) is 23.1. The maximum atomic E-state index is 6.43. The summed E-state index contributed by atoms with van der Waals surface area (Å²) in [6, 6.07) is 141. The molecule has 0 aliphatic heterocycles. The number of hydrogen-bond acceptors (Lipinski definition) is 12. The van der Waals surface area contributed by atoms with Crippen LogP contribution in [0, 0.1) is 0 Å². The van der Waals surface area contributed by atoms with Crippen LogP contribution in [0.25, 0.3) is 246 Å². The van der Waals surface area contributed by atoms with E-state index < -0.39 is 0 Å². The van der Waals surface area contributed by atoms with Gasteiger partial charge in [0.15, 0.2) is 23.3 Å². The molecule has 0 bridgehead atoms.